The van der Waals surface area contributed by atoms with Gasteiger partial charge in [0, 0.05) is 20.1 Å². The zero-order valence-corrected chi connectivity index (χ0v) is 12.9. The molecule has 3 rings (SSSR count). The number of hydrogen-bond donors (Lipinski definition) is 1. The van der Waals surface area contributed by atoms with Gasteiger partial charge in [0.25, 0.3) is 0 Å². The van der Waals surface area contributed by atoms with Crippen molar-refractivity contribution in [2.45, 2.75) is 19.4 Å². The summed E-state index contributed by atoms with van der Waals surface area (Å²) in [5.41, 5.74) is 1.24. The second-order valence-electron chi connectivity index (χ2n) is 5.93. The van der Waals surface area contributed by atoms with Gasteiger partial charge in [-0.1, -0.05) is 12.1 Å². The van der Waals surface area contributed by atoms with E-state index in [0.29, 0.717) is 24.9 Å². The number of aliphatic carboxylic acids is 1. The topological polar surface area (TPSA) is 84.5 Å². The van der Waals surface area contributed by atoms with Gasteiger partial charge in [0.2, 0.25) is 5.91 Å². The van der Waals surface area contributed by atoms with E-state index in [-0.39, 0.29) is 24.7 Å². The predicted molar refractivity (Wildman–Crippen MR) is 84.1 cm³/mol. The largest absolute Gasteiger partial charge is 0.481 e. The second kappa shape index (κ2) is 5.91. The van der Waals surface area contributed by atoms with Gasteiger partial charge in [-0.05, 0) is 25.0 Å². The molecule has 7 nitrogen and oxygen atoms in total. The minimum atomic E-state index is -0.871. The summed E-state index contributed by atoms with van der Waals surface area (Å²) >= 11 is 0. The van der Waals surface area contributed by atoms with E-state index in [9.17, 15) is 14.4 Å². The first-order valence-electron chi connectivity index (χ1n) is 7.64. The van der Waals surface area contributed by atoms with Gasteiger partial charge < -0.3 is 10.0 Å². The number of nitrogens with zero attached hydrogens (tertiary/aromatic N) is 3. The van der Waals surface area contributed by atoms with Crippen LogP contribution in [0.25, 0.3) is 11.0 Å². The third-order valence-electron chi connectivity index (χ3n) is 4.47. The molecule has 0 saturated carbocycles. The first-order chi connectivity index (χ1) is 11.0. The Balaban J connectivity index is 1.85. The van der Waals surface area contributed by atoms with Crippen molar-refractivity contribution in [3.63, 3.8) is 0 Å². The molecule has 1 aliphatic rings. The molecular weight excluding hydrogens is 298 g/mol. The lowest BCUT2D eigenvalue weighted by Crippen LogP contribution is -2.44. The monoisotopic (exact) mass is 317 g/mol. The van der Waals surface area contributed by atoms with Crippen LogP contribution in [0.3, 0.4) is 0 Å². The molecule has 1 aromatic carbocycles. The highest BCUT2D eigenvalue weighted by Gasteiger charge is 2.28. The summed E-state index contributed by atoms with van der Waals surface area (Å²) in [7, 11) is 1.67. The van der Waals surface area contributed by atoms with E-state index in [1.54, 1.807) is 18.0 Å². The zero-order valence-electron chi connectivity index (χ0n) is 12.9. The number of fused-ring (bicyclic) bond motifs is 1. The van der Waals surface area contributed by atoms with E-state index in [1.165, 1.54) is 9.13 Å². The smallest absolute Gasteiger partial charge is 0.329 e. The minimum absolute atomic E-state index is 0.0630. The Kier molecular flexibility index (Phi) is 3.94. The lowest BCUT2D eigenvalue weighted by atomic mass is 9.98. The van der Waals surface area contributed by atoms with Crippen LogP contribution in [-0.2, 0) is 23.2 Å². The lowest BCUT2D eigenvalue weighted by molar-refractivity contribution is -0.145. The van der Waals surface area contributed by atoms with Crippen LogP contribution in [0, 0.1) is 5.92 Å². The maximum atomic E-state index is 12.5. The van der Waals surface area contributed by atoms with E-state index < -0.39 is 11.9 Å². The van der Waals surface area contributed by atoms with Crippen molar-refractivity contribution < 1.29 is 14.7 Å². The van der Waals surface area contributed by atoms with Crippen LogP contribution in [0.2, 0.25) is 0 Å². The van der Waals surface area contributed by atoms with Crippen molar-refractivity contribution in [2.75, 3.05) is 13.1 Å². The fraction of sp³-hybridized carbons (Fsp3) is 0.438. The second-order valence-corrected chi connectivity index (χ2v) is 5.93. The summed E-state index contributed by atoms with van der Waals surface area (Å²) in [6.07, 6.45) is 1.26. The molecule has 1 fully saturated rings. The summed E-state index contributed by atoms with van der Waals surface area (Å²) < 4.78 is 2.96. The minimum Gasteiger partial charge on any atom is -0.481 e. The molecule has 1 aliphatic heterocycles. The highest BCUT2D eigenvalue weighted by atomic mass is 16.4. The quantitative estimate of drug-likeness (QED) is 0.901. The van der Waals surface area contributed by atoms with Crippen LogP contribution in [0.4, 0.5) is 0 Å². The van der Waals surface area contributed by atoms with E-state index in [2.05, 4.69) is 0 Å². The van der Waals surface area contributed by atoms with E-state index in [1.807, 2.05) is 18.2 Å². The molecule has 0 bridgehead atoms. The average Bonchev–Trinajstić information content (AvgIpc) is 2.80. The van der Waals surface area contributed by atoms with Crippen molar-refractivity contribution in [1.82, 2.24) is 14.0 Å². The maximum Gasteiger partial charge on any atom is 0.329 e. The molecule has 23 heavy (non-hydrogen) atoms. The first kappa shape index (κ1) is 15.3. The molecule has 2 heterocycles. The number of carboxylic acid groups (broad SMARTS) is 1. The van der Waals surface area contributed by atoms with Crippen LogP contribution in [0.5, 0.6) is 0 Å². The Hall–Kier alpha value is -2.57. The standard InChI is InChI=1S/C16H19N3O4/c1-17-12-6-2-3-7-13(12)19(16(17)23)10-14(20)18-8-4-5-11(9-18)15(21)22/h2-3,6-7,11H,4-5,8-10H2,1H3,(H,21,22). The molecule has 1 N–H and O–H groups in total. The fourth-order valence-electron chi connectivity index (χ4n) is 3.16. The number of para-hydroxylation sites is 2. The Morgan fingerprint density at radius 3 is 2.65 bits per heavy atom. The molecule has 1 saturated heterocycles. The summed E-state index contributed by atoms with van der Waals surface area (Å²) in [6, 6.07) is 7.31. The number of aromatic nitrogens is 2. The number of benzene rings is 1. The molecule has 7 heteroatoms. The normalized spacial score (nSPS) is 18.3. The van der Waals surface area contributed by atoms with Crippen molar-refractivity contribution in [2.24, 2.45) is 13.0 Å². The van der Waals surface area contributed by atoms with E-state index in [4.69, 9.17) is 5.11 Å². The molecule has 0 spiro atoms. The van der Waals surface area contributed by atoms with Crippen molar-refractivity contribution in [1.29, 1.82) is 0 Å². The Labute approximate surface area is 132 Å². The average molecular weight is 317 g/mol. The van der Waals surface area contributed by atoms with Crippen LogP contribution < -0.4 is 5.69 Å². The van der Waals surface area contributed by atoms with Crippen LogP contribution in [-0.4, -0.2) is 44.1 Å². The number of piperidine rings is 1. The highest BCUT2D eigenvalue weighted by molar-refractivity contribution is 5.81. The third kappa shape index (κ3) is 2.74. The van der Waals surface area contributed by atoms with Gasteiger partial charge in [0.1, 0.15) is 6.54 Å². The number of aryl methyl sites for hydroxylation is 1. The van der Waals surface area contributed by atoms with Crippen LogP contribution in [0.1, 0.15) is 12.8 Å². The van der Waals surface area contributed by atoms with Gasteiger partial charge in [0.15, 0.2) is 0 Å². The summed E-state index contributed by atoms with van der Waals surface area (Å²) in [6.45, 7) is 0.697. The van der Waals surface area contributed by atoms with Gasteiger partial charge in [-0.3, -0.25) is 18.7 Å². The number of carbonyl (C=O) groups is 2. The lowest BCUT2D eigenvalue weighted by Gasteiger charge is -2.30. The third-order valence-corrected chi connectivity index (χ3v) is 4.47. The van der Waals surface area contributed by atoms with Crippen molar-refractivity contribution >= 4 is 22.9 Å². The fourth-order valence-corrected chi connectivity index (χ4v) is 3.16. The Morgan fingerprint density at radius 2 is 1.96 bits per heavy atom. The van der Waals surface area contributed by atoms with Crippen molar-refractivity contribution in [3.8, 4) is 0 Å². The Bertz CT molecular complexity index is 820. The van der Waals surface area contributed by atoms with Gasteiger partial charge in [-0.2, -0.15) is 0 Å². The van der Waals surface area contributed by atoms with Gasteiger partial charge in [-0.15, -0.1) is 0 Å². The van der Waals surface area contributed by atoms with Crippen LogP contribution >= 0.6 is 0 Å². The molecular formula is C16H19N3O4. The number of rotatable bonds is 3. The molecule has 1 aromatic heterocycles. The molecule has 122 valence electrons. The molecule has 1 amide bonds. The summed E-state index contributed by atoms with van der Waals surface area (Å²) in [5, 5.41) is 9.12. The summed E-state index contributed by atoms with van der Waals surface area (Å²) in [5.74, 6) is -1.60. The zero-order chi connectivity index (χ0) is 16.6. The molecule has 1 unspecified atom stereocenters. The molecule has 0 aliphatic carbocycles. The summed E-state index contributed by atoms with van der Waals surface area (Å²) in [4.78, 5) is 37.5. The van der Waals surface area contributed by atoms with Gasteiger partial charge in [0.05, 0.1) is 17.0 Å². The molecule has 2 aromatic rings. The Morgan fingerprint density at radius 1 is 1.26 bits per heavy atom. The predicted octanol–water partition coefficient (Wildman–Crippen LogP) is 0.663. The SMILES string of the molecule is Cn1c(=O)n(CC(=O)N2CCCC(C(=O)O)C2)c2ccccc21. The number of hydrogen-bond acceptors (Lipinski definition) is 3. The maximum absolute atomic E-state index is 12.5. The van der Waals surface area contributed by atoms with E-state index >= 15 is 0 Å². The van der Waals surface area contributed by atoms with Gasteiger partial charge >= 0.3 is 11.7 Å². The number of amides is 1. The van der Waals surface area contributed by atoms with Gasteiger partial charge in [-0.25, -0.2) is 4.79 Å². The number of likely N-dealkylation sites (tertiary alicyclic amines) is 1. The van der Waals surface area contributed by atoms with Crippen LogP contribution in [0.15, 0.2) is 29.1 Å². The molecule has 0 radical (unpaired) electrons. The molecule has 1 atom stereocenters. The van der Waals surface area contributed by atoms with E-state index in [0.717, 1.165) is 5.52 Å². The highest BCUT2D eigenvalue weighted by Crippen LogP contribution is 2.18. The van der Waals surface area contributed by atoms with Crippen molar-refractivity contribution in [3.05, 3.63) is 34.7 Å². The number of carbonyl (C=O) groups excluding carboxylic acids is 1. The number of imidazole rings is 1. The number of carboxylic acids is 1. The first-order valence-corrected chi connectivity index (χ1v) is 7.64.